The number of sulfonamides is 1. The van der Waals surface area contributed by atoms with E-state index in [0.717, 1.165) is 19.3 Å². The van der Waals surface area contributed by atoms with Crippen LogP contribution in [-0.4, -0.2) is 61.5 Å². The Kier molecular flexibility index (Phi) is 6.30. The Morgan fingerprint density at radius 1 is 0.964 bits per heavy atom. The number of rotatable bonds is 6. The summed E-state index contributed by atoms with van der Waals surface area (Å²) in [6.07, 6.45) is 3.12. The zero-order valence-corrected chi connectivity index (χ0v) is 16.3. The third kappa shape index (κ3) is 4.68. The number of carbonyl (C=O) groups is 3. The van der Waals surface area contributed by atoms with Gasteiger partial charge in [0.2, 0.25) is 21.8 Å². The van der Waals surface area contributed by atoms with E-state index >= 15 is 0 Å². The summed E-state index contributed by atoms with van der Waals surface area (Å²) >= 11 is 0. The molecule has 9 nitrogen and oxygen atoms in total. The van der Waals surface area contributed by atoms with Gasteiger partial charge in [0.1, 0.15) is 0 Å². The van der Waals surface area contributed by atoms with E-state index in [4.69, 9.17) is 0 Å². The van der Waals surface area contributed by atoms with Crippen LogP contribution in [0.1, 0.15) is 42.5 Å². The van der Waals surface area contributed by atoms with E-state index in [1.54, 1.807) is 4.90 Å². The topological polar surface area (TPSA) is 116 Å². The molecule has 10 heteroatoms. The van der Waals surface area contributed by atoms with Crippen molar-refractivity contribution >= 4 is 27.7 Å². The minimum Gasteiger partial charge on any atom is -0.342 e. The zero-order valence-electron chi connectivity index (χ0n) is 15.5. The van der Waals surface area contributed by atoms with Crippen LogP contribution in [0.4, 0.5) is 0 Å². The maximum Gasteiger partial charge on any atom is 0.269 e. The number of hydrogen-bond acceptors (Lipinski definition) is 5. The Morgan fingerprint density at radius 3 is 2.25 bits per heavy atom. The van der Waals surface area contributed by atoms with Crippen molar-refractivity contribution in [1.29, 1.82) is 0 Å². The minimum absolute atomic E-state index is 0.0424. The molecule has 2 saturated heterocycles. The first-order chi connectivity index (χ1) is 13.4. The van der Waals surface area contributed by atoms with Crippen LogP contribution < -0.4 is 10.9 Å². The van der Waals surface area contributed by atoms with E-state index in [-0.39, 0.29) is 22.8 Å². The molecule has 0 saturated carbocycles. The molecule has 2 aliphatic rings. The SMILES string of the molecule is O=C(CCN1CCCC1=O)NNC(=O)c1ccc(S(=O)(=O)N2CCCC2)cc1. The summed E-state index contributed by atoms with van der Waals surface area (Å²) in [7, 11) is -3.53. The van der Waals surface area contributed by atoms with Crippen LogP contribution in [0.5, 0.6) is 0 Å². The molecule has 2 heterocycles. The quantitative estimate of drug-likeness (QED) is 0.655. The fourth-order valence-electron chi connectivity index (χ4n) is 3.29. The van der Waals surface area contributed by atoms with Crippen molar-refractivity contribution in [3.05, 3.63) is 29.8 Å². The number of nitrogens with zero attached hydrogens (tertiary/aromatic N) is 2. The molecule has 0 atom stereocenters. The highest BCUT2D eigenvalue weighted by Gasteiger charge is 2.27. The van der Waals surface area contributed by atoms with Gasteiger partial charge in [0.15, 0.2) is 0 Å². The van der Waals surface area contributed by atoms with Gasteiger partial charge in [-0.1, -0.05) is 0 Å². The molecule has 28 heavy (non-hydrogen) atoms. The molecule has 2 N–H and O–H groups in total. The summed E-state index contributed by atoms with van der Waals surface area (Å²) in [5.74, 6) is -0.905. The molecule has 1 aromatic carbocycles. The van der Waals surface area contributed by atoms with Crippen LogP contribution >= 0.6 is 0 Å². The fraction of sp³-hybridized carbons (Fsp3) is 0.500. The van der Waals surface area contributed by atoms with Crippen molar-refractivity contribution in [1.82, 2.24) is 20.1 Å². The number of likely N-dealkylation sites (tertiary alicyclic amines) is 1. The predicted molar refractivity (Wildman–Crippen MR) is 100 cm³/mol. The van der Waals surface area contributed by atoms with Crippen LogP contribution in [-0.2, 0) is 19.6 Å². The number of benzene rings is 1. The second kappa shape index (κ2) is 8.70. The summed E-state index contributed by atoms with van der Waals surface area (Å²) in [5.41, 5.74) is 4.84. The lowest BCUT2D eigenvalue weighted by Gasteiger charge is -2.16. The monoisotopic (exact) mass is 408 g/mol. The van der Waals surface area contributed by atoms with Gasteiger partial charge in [-0.05, 0) is 43.5 Å². The van der Waals surface area contributed by atoms with Crippen molar-refractivity contribution in [2.24, 2.45) is 0 Å². The maximum absolute atomic E-state index is 12.5. The molecule has 2 fully saturated rings. The molecule has 0 spiro atoms. The highest BCUT2D eigenvalue weighted by atomic mass is 32.2. The molecule has 152 valence electrons. The first kappa shape index (κ1) is 20.3. The number of carbonyl (C=O) groups excluding carboxylic acids is 3. The summed E-state index contributed by atoms with van der Waals surface area (Å²) < 4.78 is 26.4. The summed E-state index contributed by atoms with van der Waals surface area (Å²) in [4.78, 5) is 37.2. The van der Waals surface area contributed by atoms with E-state index in [1.807, 2.05) is 0 Å². The van der Waals surface area contributed by atoms with Gasteiger partial charge in [-0.15, -0.1) is 0 Å². The molecule has 0 unspecified atom stereocenters. The van der Waals surface area contributed by atoms with Gasteiger partial charge in [0, 0.05) is 44.6 Å². The van der Waals surface area contributed by atoms with Gasteiger partial charge in [-0.2, -0.15) is 4.31 Å². The first-order valence-corrected chi connectivity index (χ1v) is 10.8. The second-order valence-electron chi connectivity index (χ2n) is 6.87. The number of amides is 3. The van der Waals surface area contributed by atoms with Gasteiger partial charge >= 0.3 is 0 Å². The first-order valence-electron chi connectivity index (χ1n) is 9.35. The highest BCUT2D eigenvalue weighted by molar-refractivity contribution is 7.89. The van der Waals surface area contributed by atoms with Crippen LogP contribution in [0, 0.1) is 0 Å². The van der Waals surface area contributed by atoms with Crippen molar-refractivity contribution in [3.63, 3.8) is 0 Å². The minimum atomic E-state index is -3.53. The van der Waals surface area contributed by atoms with Crippen molar-refractivity contribution < 1.29 is 22.8 Å². The van der Waals surface area contributed by atoms with Crippen molar-refractivity contribution in [3.8, 4) is 0 Å². The second-order valence-corrected chi connectivity index (χ2v) is 8.81. The Morgan fingerprint density at radius 2 is 1.64 bits per heavy atom. The molecule has 2 aliphatic heterocycles. The predicted octanol–water partition coefficient (Wildman–Crippen LogP) is 0.245. The molecule has 1 aromatic rings. The summed E-state index contributed by atoms with van der Waals surface area (Å²) in [5, 5.41) is 0. The van der Waals surface area contributed by atoms with Gasteiger partial charge < -0.3 is 4.90 Å². The lowest BCUT2D eigenvalue weighted by Crippen LogP contribution is -2.43. The molecule has 3 rings (SSSR count). The highest BCUT2D eigenvalue weighted by Crippen LogP contribution is 2.21. The summed E-state index contributed by atoms with van der Waals surface area (Å²) in [6, 6.07) is 5.60. The van der Waals surface area contributed by atoms with Crippen LogP contribution in [0.2, 0.25) is 0 Å². The third-order valence-electron chi connectivity index (χ3n) is 4.91. The number of hydrogen-bond donors (Lipinski definition) is 2. The van der Waals surface area contributed by atoms with E-state index in [0.29, 0.717) is 32.6 Å². The van der Waals surface area contributed by atoms with Crippen molar-refractivity contribution in [2.45, 2.75) is 37.0 Å². The molecule has 0 bridgehead atoms. The third-order valence-corrected chi connectivity index (χ3v) is 6.83. The molecule has 3 amide bonds. The summed E-state index contributed by atoms with van der Waals surface area (Å²) in [6.45, 7) is 2.01. The number of hydrazine groups is 1. The van der Waals surface area contributed by atoms with Gasteiger partial charge in [-0.3, -0.25) is 25.2 Å². The van der Waals surface area contributed by atoms with E-state index in [9.17, 15) is 22.8 Å². The van der Waals surface area contributed by atoms with Crippen LogP contribution in [0.25, 0.3) is 0 Å². The van der Waals surface area contributed by atoms with E-state index in [2.05, 4.69) is 10.9 Å². The Bertz CT molecular complexity index is 847. The van der Waals surface area contributed by atoms with Gasteiger partial charge in [-0.25, -0.2) is 8.42 Å². The Labute approximate surface area is 164 Å². The fourth-order valence-corrected chi connectivity index (χ4v) is 4.81. The standard InChI is InChI=1S/C18H24N4O5S/c23-16(9-13-21-10-3-4-17(21)24)19-20-18(25)14-5-7-15(8-6-14)28(26,27)22-11-1-2-12-22/h5-8H,1-4,9-13H2,(H,19,23)(H,20,25). The van der Waals surface area contributed by atoms with Gasteiger partial charge in [0.25, 0.3) is 5.91 Å². The zero-order chi connectivity index (χ0) is 20.1. The molecule has 0 aromatic heterocycles. The average molecular weight is 408 g/mol. The maximum atomic E-state index is 12.5. The molecular weight excluding hydrogens is 384 g/mol. The van der Waals surface area contributed by atoms with Crippen LogP contribution in [0.3, 0.4) is 0 Å². The largest absolute Gasteiger partial charge is 0.342 e. The lowest BCUT2D eigenvalue weighted by molar-refractivity contribution is -0.128. The molecule has 0 radical (unpaired) electrons. The smallest absolute Gasteiger partial charge is 0.269 e. The molecular formula is C18H24N4O5S. The Hall–Kier alpha value is -2.46. The van der Waals surface area contributed by atoms with Crippen molar-refractivity contribution in [2.75, 3.05) is 26.2 Å². The average Bonchev–Trinajstić information content (AvgIpc) is 3.37. The Balaban J connectivity index is 1.49. The lowest BCUT2D eigenvalue weighted by atomic mass is 10.2. The normalized spacial score (nSPS) is 17.7. The van der Waals surface area contributed by atoms with Gasteiger partial charge in [0.05, 0.1) is 4.90 Å². The van der Waals surface area contributed by atoms with Crippen LogP contribution in [0.15, 0.2) is 29.2 Å². The number of nitrogens with one attached hydrogen (secondary N) is 2. The molecule has 0 aliphatic carbocycles. The van der Waals surface area contributed by atoms with E-state index in [1.165, 1.54) is 28.6 Å². The van der Waals surface area contributed by atoms with E-state index < -0.39 is 21.8 Å².